The van der Waals surface area contributed by atoms with Crippen molar-refractivity contribution < 1.29 is 24.5 Å². The summed E-state index contributed by atoms with van der Waals surface area (Å²) in [6, 6.07) is -0.721. The van der Waals surface area contributed by atoms with Crippen LogP contribution >= 0.6 is 0 Å². The molecule has 3 atom stereocenters. The summed E-state index contributed by atoms with van der Waals surface area (Å²) in [5.74, 6) is -0.563. The van der Waals surface area contributed by atoms with Crippen molar-refractivity contribution in [3.05, 3.63) is 60.8 Å². The molecule has 0 spiro atoms. The number of amides is 1. The Balaban J connectivity index is 4.74. The highest BCUT2D eigenvalue weighted by Gasteiger charge is 2.23. The van der Waals surface area contributed by atoms with Gasteiger partial charge in [0, 0.05) is 6.42 Å². The summed E-state index contributed by atoms with van der Waals surface area (Å²) in [4.78, 5) is 25.8. The van der Waals surface area contributed by atoms with Crippen molar-refractivity contribution >= 4 is 11.9 Å². The zero-order valence-corrected chi connectivity index (χ0v) is 32.5. The van der Waals surface area contributed by atoms with E-state index in [1.165, 1.54) is 64.2 Å². The van der Waals surface area contributed by atoms with Gasteiger partial charge in [0.25, 0.3) is 0 Å². The van der Waals surface area contributed by atoms with E-state index < -0.39 is 18.2 Å². The summed E-state index contributed by atoms with van der Waals surface area (Å²) in [6.45, 7) is 6.21. The van der Waals surface area contributed by atoms with Crippen LogP contribution in [-0.4, -0.2) is 46.9 Å². The highest BCUT2D eigenvalue weighted by atomic mass is 16.5. The number of hydrogen-bond donors (Lipinski definition) is 3. The third-order valence-electron chi connectivity index (χ3n) is 8.91. The molecule has 0 heterocycles. The molecule has 6 nitrogen and oxygen atoms in total. The second-order valence-electron chi connectivity index (χ2n) is 13.7. The van der Waals surface area contributed by atoms with Gasteiger partial charge in [-0.1, -0.05) is 171 Å². The number of carbonyl (C=O) groups excluding carboxylic acids is 2. The molecule has 6 heteroatoms. The van der Waals surface area contributed by atoms with Gasteiger partial charge in [-0.2, -0.15) is 0 Å². The van der Waals surface area contributed by atoms with Crippen LogP contribution in [0, 0.1) is 0 Å². The van der Waals surface area contributed by atoms with Gasteiger partial charge in [-0.3, -0.25) is 9.59 Å². The largest absolute Gasteiger partial charge is 0.462 e. The third kappa shape index (κ3) is 32.7. The molecule has 50 heavy (non-hydrogen) atoms. The van der Waals surface area contributed by atoms with Crippen LogP contribution in [0.3, 0.4) is 0 Å². The fourth-order valence-corrected chi connectivity index (χ4v) is 5.80. The Kier molecular flexibility index (Phi) is 36.0. The van der Waals surface area contributed by atoms with Crippen molar-refractivity contribution in [2.75, 3.05) is 6.61 Å². The highest BCUT2D eigenvalue weighted by molar-refractivity contribution is 5.77. The van der Waals surface area contributed by atoms with Crippen LogP contribution in [0.5, 0.6) is 0 Å². The lowest BCUT2D eigenvalue weighted by atomic mass is 10.0. The van der Waals surface area contributed by atoms with Crippen molar-refractivity contribution in [1.29, 1.82) is 0 Å². The van der Waals surface area contributed by atoms with Gasteiger partial charge in [-0.15, -0.1) is 0 Å². The van der Waals surface area contributed by atoms with E-state index in [0.29, 0.717) is 19.3 Å². The lowest BCUT2D eigenvalue weighted by Crippen LogP contribution is -2.46. The fraction of sp³-hybridized carbons (Fsp3) is 0.727. The normalized spacial score (nSPS) is 14.1. The molecule has 1 amide bonds. The first kappa shape index (κ1) is 47.6. The number of rotatable bonds is 35. The number of hydrogen-bond acceptors (Lipinski definition) is 5. The molecular weight excluding hydrogens is 622 g/mol. The van der Waals surface area contributed by atoms with E-state index in [0.717, 1.165) is 70.6 Å². The lowest BCUT2D eigenvalue weighted by Gasteiger charge is -2.24. The molecule has 0 fully saturated rings. The topological polar surface area (TPSA) is 95.9 Å². The number of aliphatic hydroxyl groups is 2. The van der Waals surface area contributed by atoms with E-state index in [4.69, 9.17) is 4.74 Å². The first-order valence-corrected chi connectivity index (χ1v) is 20.6. The number of carbonyl (C=O) groups is 2. The molecule has 0 rings (SSSR count). The van der Waals surface area contributed by atoms with Gasteiger partial charge in [-0.05, 0) is 57.8 Å². The van der Waals surface area contributed by atoms with E-state index in [2.05, 4.69) is 50.4 Å². The molecule has 288 valence electrons. The van der Waals surface area contributed by atoms with Gasteiger partial charge in [0.15, 0.2) is 0 Å². The molecule has 0 saturated heterocycles. The molecule has 0 aromatic heterocycles. The molecule has 0 saturated carbocycles. The summed E-state index contributed by atoms with van der Waals surface area (Å²) in [5, 5.41) is 23.5. The summed E-state index contributed by atoms with van der Waals surface area (Å²) < 4.78 is 5.82. The monoisotopic (exact) mass is 700 g/mol. The average Bonchev–Trinajstić information content (AvgIpc) is 3.10. The minimum absolute atomic E-state index is 0.0262. The summed E-state index contributed by atoms with van der Waals surface area (Å²) in [7, 11) is 0. The second kappa shape index (κ2) is 37.8. The Labute approximate surface area is 308 Å². The quantitative estimate of drug-likeness (QED) is 0.0265. The van der Waals surface area contributed by atoms with Crippen molar-refractivity contribution in [3.8, 4) is 0 Å². The molecule has 0 aliphatic heterocycles. The summed E-state index contributed by atoms with van der Waals surface area (Å²) in [5.41, 5.74) is 0. The fourth-order valence-electron chi connectivity index (χ4n) is 5.80. The van der Waals surface area contributed by atoms with E-state index in [1.54, 1.807) is 0 Å². The second-order valence-corrected chi connectivity index (χ2v) is 13.7. The number of unbranched alkanes of at least 4 members (excludes halogenated alkanes) is 16. The van der Waals surface area contributed by atoms with E-state index in [-0.39, 0.29) is 24.9 Å². The Morgan fingerprint density at radius 3 is 1.80 bits per heavy atom. The number of aliphatic hydroxyl groups excluding tert-OH is 2. The van der Waals surface area contributed by atoms with Crippen LogP contribution in [0.15, 0.2) is 60.8 Å². The molecule has 0 aliphatic rings. The van der Waals surface area contributed by atoms with Crippen molar-refractivity contribution in [3.63, 3.8) is 0 Å². The van der Waals surface area contributed by atoms with Gasteiger partial charge in [-0.25, -0.2) is 0 Å². The van der Waals surface area contributed by atoms with Crippen molar-refractivity contribution in [2.24, 2.45) is 0 Å². The SMILES string of the molecule is CC/C=C/C=C/C=C\C=C/CCCC(CC(=O)NC(CO)C(O)CCCCCCCCCCCC)OC(=O)CCCCCCC/C=C\CCC. The Hall–Kier alpha value is -2.44. The number of ether oxygens (including phenoxy) is 1. The number of nitrogens with one attached hydrogen (secondary N) is 1. The minimum Gasteiger partial charge on any atom is -0.462 e. The standard InChI is InChI=1S/C44H77NO5/c1-4-7-10-13-16-19-22-23-26-29-32-35-40(50-44(49)37-34-31-28-25-21-18-15-12-9-6-3)38-43(48)45-41(39-46)42(47)36-33-30-27-24-20-17-14-11-8-5-2/h7,10,12-13,15-16,19,22-23,26,40-42,46-47H,4-6,8-9,11,14,17-18,20-21,24-25,27-39H2,1-3H3,(H,45,48)/b10-7+,15-12-,16-13+,22-19-,26-23-. The van der Waals surface area contributed by atoms with Gasteiger partial charge < -0.3 is 20.3 Å². The Bertz CT molecular complexity index is 921. The van der Waals surface area contributed by atoms with E-state index >= 15 is 0 Å². The van der Waals surface area contributed by atoms with E-state index in [1.807, 2.05) is 36.5 Å². The third-order valence-corrected chi connectivity index (χ3v) is 8.91. The molecule has 3 N–H and O–H groups in total. The molecule has 0 aromatic carbocycles. The average molecular weight is 700 g/mol. The lowest BCUT2D eigenvalue weighted by molar-refractivity contribution is -0.151. The molecule has 0 aromatic rings. The van der Waals surface area contributed by atoms with Crippen LogP contribution in [0.4, 0.5) is 0 Å². The predicted octanol–water partition coefficient (Wildman–Crippen LogP) is 11.3. The maximum atomic E-state index is 13.0. The maximum absolute atomic E-state index is 13.0. The summed E-state index contributed by atoms with van der Waals surface area (Å²) in [6.07, 6.45) is 44.3. The van der Waals surface area contributed by atoms with Crippen LogP contribution in [0.1, 0.15) is 181 Å². The smallest absolute Gasteiger partial charge is 0.306 e. The number of esters is 1. The van der Waals surface area contributed by atoms with Gasteiger partial charge >= 0.3 is 5.97 Å². The maximum Gasteiger partial charge on any atom is 0.306 e. The molecule has 0 radical (unpaired) electrons. The van der Waals surface area contributed by atoms with Crippen molar-refractivity contribution in [1.82, 2.24) is 5.32 Å². The molecule has 3 unspecified atom stereocenters. The van der Waals surface area contributed by atoms with Gasteiger partial charge in [0.05, 0.1) is 25.2 Å². The zero-order chi connectivity index (χ0) is 36.8. The highest BCUT2D eigenvalue weighted by Crippen LogP contribution is 2.16. The van der Waals surface area contributed by atoms with Crippen molar-refractivity contribution in [2.45, 2.75) is 200 Å². The Morgan fingerprint density at radius 1 is 0.600 bits per heavy atom. The van der Waals surface area contributed by atoms with Crippen LogP contribution in [-0.2, 0) is 14.3 Å². The first-order valence-electron chi connectivity index (χ1n) is 20.6. The van der Waals surface area contributed by atoms with Crippen LogP contribution in [0.2, 0.25) is 0 Å². The summed E-state index contributed by atoms with van der Waals surface area (Å²) >= 11 is 0. The zero-order valence-electron chi connectivity index (χ0n) is 32.5. The first-order chi connectivity index (χ1) is 24.5. The predicted molar refractivity (Wildman–Crippen MR) is 213 cm³/mol. The number of allylic oxidation sites excluding steroid dienone is 10. The molecular formula is C44H77NO5. The van der Waals surface area contributed by atoms with E-state index in [9.17, 15) is 19.8 Å². The molecule has 0 bridgehead atoms. The molecule has 0 aliphatic carbocycles. The van der Waals surface area contributed by atoms with Crippen LogP contribution in [0.25, 0.3) is 0 Å². The Morgan fingerprint density at radius 2 is 1.16 bits per heavy atom. The van der Waals surface area contributed by atoms with Crippen LogP contribution < -0.4 is 5.32 Å². The van der Waals surface area contributed by atoms with Gasteiger partial charge in [0.1, 0.15) is 6.10 Å². The minimum atomic E-state index is -0.804. The van der Waals surface area contributed by atoms with Gasteiger partial charge in [0.2, 0.25) is 5.91 Å².